The Hall–Kier alpha value is -1.54. The SMILES string of the molecule is Brc1cnc2c(c1)OCCN2.CN1CCOc2cc(Br)cnc21. The lowest BCUT2D eigenvalue weighted by Crippen LogP contribution is -2.29. The first kappa shape index (κ1) is 16.3. The molecule has 0 aliphatic carbocycles. The van der Waals surface area contributed by atoms with Crippen molar-refractivity contribution >= 4 is 43.5 Å². The topological polar surface area (TPSA) is 59.5 Å². The van der Waals surface area contributed by atoms with Crippen LogP contribution >= 0.6 is 31.9 Å². The van der Waals surface area contributed by atoms with E-state index in [2.05, 4.69) is 52.0 Å². The average molecular weight is 444 g/mol. The first-order chi connectivity index (χ1) is 11.1. The van der Waals surface area contributed by atoms with E-state index in [-0.39, 0.29) is 0 Å². The standard InChI is InChI=1S/C8H9BrN2O.C7H7BrN2O/c1-11-2-3-12-7-4-6(9)5-10-8(7)11;8-5-3-6-7(10-4-5)9-1-2-11-6/h4-5H,2-3H2,1H3;3-4H,1-2H2,(H,9,10). The number of hydrogen-bond donors (Lipinski definition) is 1. The fraction of sp³-hybridized carbons (Fsp3) is 0.333. The van der Waals surface area contributed by atoms with Gasteiger partial charge >= 0.3 is 0 Å². The third-order valence-electron chi connectivity index (χ3n) is 3.32. The number of aromatic nitrogens is 2. The van der Waals surface area contributed by atoms with Gasteiger partial charge in [0.15, 0.2) is 23.1 Å². The number of likely N-dealkylation sites (N-methyl/N-ethyl adjacent to an activating group) is 1. The number of rotatable bonds is 0. The van der Waals surface area contributed by atoms with Gasteiger partial charge in [-0.1, -0.05) is 0 Å². The predicted octanol–water partition coefficient (Wildman–Crippen LogP) is 3.32. The van der Waals surface area contributed by atoms with Gasteiger partial charge in [-0.25, -0.2) is 9.97 Å². The first-order valence-corrected chi connectivity index (χ1v) is 8.74. The summed E-state index contributed by atoms with van der Waals surface area (Å²) in [6.07, 6.45) is 3.53. The van der Waals surface area contributed by atoms with Gasteiger partial charge in [0.2, 0.25) is 0 Å². The highest BCUT2D eigenvalue weighted by Crippen LogP contribution is 2.30. The van der Waals surface area contributed by atoms with E-state index in [0.29, 0.717) is 6.61 Å². The van der Waals surface area contributed by atoms with Gasteiger partial charge in [0.05, 0.1) is 13.1 Å². The van der Waals surface area contributed by atoms with Gasteiger partial charge in [0, 0.05) is 28.4 Å². The first-order valence-electron chi connectivity index (χ1n) is 7.15. The largest absolute Gasteiger partial charge is 0.488 e. The highest BCUT2D eigenvalue weighted by atomic mass is 79.9. The van der Waals surface area contributed by atoms with Crippen LogP contribution in [0, 0.1) is 0 Å². The Kier molecular flexibility index (Phi) is 5.22. The van der Waals surface area contributed by atoms with Gasteiger partial charge in [-0.15, -0.1) is 0 Å². The van der Waals surface area contributed by atoms with Crippen LogP contribution in [0.3, 0.4) is 0 Å². The van der Waals surface area contributed by atoms with Crippen molar-refractivity contribution in [3.05, 3.63) is 33.5 Å². The van der Waals surface area contributed by atoms with E-state index in [1.807, 2.05) is 19.2 Å². The Morgan fingerprint density at radius 2 is 1.74 bits per heavy atom. The Bertz CT molecular complexity index is 699. The minimum atomic E-state index is 0.713. The van der Waals surface area contributed by atoms with Crippen molar-refractivity contribution in [1.29, 1.82) is 0 Å². The van der Waals surface area contributed by atoms with Crippen molar-refractivity contribution in [2.24, 2.45) is 0 Å². The molecule has 8 heteroatoms. The molecule has 2 aliphatic heterocycles. The maximum atomic E-state index is 5.44. The minimum Gasteiger partial charge on any atom is -0.488 e. The highest BCUT2D eigenvalue weighted by molar-refractivity contribution is 9.10. The fourth-order valence-corrected chi connectivity index (χ4v) is 2.82. The van der Waals surface area contributed by atoms with E-state index in [4.69, 9.17) is 9.47 Å². The van der Waals surface area contributed by atoms with Crippen LogP contribution in [0.4, 0.5) is 11.6 Å². The molecule has 0 radical (unpaired) electrons. The Morgan fingerprint density at radius 1 is 1.04 bits per heavy atom. The van der Waals surface area contributed by atoms with Crippen LogP contribution in [-0.2, 0) is 0 Å². The molecular weight excluding hydrogens is 428 g/mol. The zero-order valence-corrected chi connectivity index (χ0v) is 15.7. The third-order valence-corrected chi connectivity index (χ3v) is 4.18. The molecule has 23 heavy (non-hydrogen) atoms. The van der Waals surface area contributed by atoms with Crippen LogP contribution in [0.5, 0.6) is 11.5 Å². The molecule has 0 fully saturated rings. The van der Waals surface area contributed by atoms with Crippen LogP contribution in [0.2, 0.25) is 0 Å². The number of nitrogens with one attached hydrogen (secondary N) is 1. The van der Waals surface area contributed by atoms with Crippen LogP contribution in [0.15, 0.2) is 33.5 Å². The molecule has 0 saturated carbocycles. The molecule has 2 aliphatic rings. The summed E-state index contributed by atoms with van der Waals surface area (Å²) in [4.78, 5) is 10.5. The number of fused-ring (bicyclic) bond motifs is 2. The normalized spacial score (nSPS) is 15.0. The van der Waals surface area contributed by atoms with Crippen molar-refractivity contribution in [2.45, 2.75) is 0 Å². The average Bonchev–Trinajstić information content (AvgIpc) is 2.55. The number of pyridine rings is 2. The molecule has 122 valence electrons. The second-order valence-electron chi connectivity index (χ2n) is 5.02. The van der Waals surface area contributed by atoms with E-state index in [1.54, 1.807) is 12.4 Å². The molecule has 2 aromatic rings. The Labute approximate surface area is 151 Å². The van der Waals surface area contributed by atoms with Crippen molar-refractivity contribution < 1.29 is 9.47 Å². The summed E-state index contributed by atoms with van der Waals surface area (Å²) in [6, 6.07) is 3.85. The summed E-state index contributed by atoms with van der Waals surface area (Å²) in [7, 11) is 2.02. The molecule has 6 nitrogen and oxygen atoms in total. The highest BCUT2D eigenvalue weighted by Gasteiger charge is 2.15. The third kappa shape index (κ3) is 4.06. The molecule has 4 rings (SSSR count). The molecular formula is C15H16Br2N4O2. The quantitative estimate of drug-likeness (QED) is 0.673. The molecule has 2 aromatic heterocycles. The van der Waals surface area contributed by atoms with Crippen molar-refractivity contribution in [2.75, 3.05) is 43.6 Å². The number of hydrogen-bond acceptors (Lipinski definition) is 6. The number of nitrogens with zero attached hydrogens (tertiary/aromatic N) is 3. The van der Waals surface area contributed by atoms with E-state index >= 15 is 0 Å². The second kappa shape index (κ2) is 7.35. The molecule has 0 bridgehead atoms. The van der Waals surface area contributed by atoms with Crippen molar-refractivity contribution in [3.8, 4) is 11.5 Å². The second-order valence-corrected chi connectivity index (χ2v) is 6.85. The number of anilines is 2. The summed E-state index contributed by atoms with van der Waals surface area (Å²) in [5.74, 6) is 3.44. The summed E-state index contributed by atoms with van der Waals surface area (Å²) in [5, 5.41) is 3.13. The summed E-state index contributed by atoms with van der Waals surface area (Å²) in [6.45, 7) is 3.19. The van der Waals surface area contributed by atoms with Gasteiger partial charge in [-0.3, -0.25) is 0 Å². The minimum absolute atomic E-state index is 0.713. The predicted molar refractivity (Wildman–Crippen MR) is 96.6 cm³/mol. The van der Waals surface area contributed by atoms with Crippen LogP contribution in [0.1, 0.15) is 0 Å². The van der Waals surface area contributed by atoms with Gasteiger partial charge in [-0.2, -0.15) is 0 Å². The maximum Gasteiger partial charge on any atom is 0.171 e. The summed E-state index contributed by atoms with van der Waals surface area (Å²) >= 11 is 6.67. The molecule has 0 aromatic carbocycles. The van der Waals surface area contributed by atoms with Gasteiger partial charge in [0.1, 0.15) is 13.2 Å². The number of ether oxygens (including phenoxy) is 2. The van der Waals surface area contributed by atoms with E-state index in [9.17, 15) is 0 Å². The molecule has 0 spiro atoms. The van der Waals surface area contributed by atoms with Gasteiger partial charge in [0.25, 0.3) is 0 Å². The number of halogens is 2. The maximum absolute atomic E-state index is 5.44. The van der Waals surface area contributed by atoms with Crippen LogP contribution < -0.4 is 19.7 Å². The lowest BCUT2D eigenvalue weighted by molar-refractivity contribution is 0.308. The monoisotopic (exact) mass is 442 g/mol. The molecule has 0 saturated heterocycles. The van der Waals surface area contributed by atoms with Crippen molar-refractivity contribution in [1.82, 2.24) is 9.97 Å². The molecule has 4 heterocycles. The van der Waals surface area contributed by atoms with E-state index in [1.165, 1.54) is 0 Å². The molecule has 0 amide bonds. The zero-order chi connectivity index (χ0) is 16.2. The Morgan fingerprint density at radius 3 is 2.57 bits per heavy atom. The molecule has 0 unspecified atom stereocenters. The molecule has 0 atom stereocenters. The van der Waals surface area contributed by atoms with Crippen molar-refractivity contribution in [3.63, 3.8) is 0 Å². The smallest absolute Gasteiger partial charge is 0.171 e. The Balaban J connectivity index is 0.000000136. The van der Waals surface area contributed by atoms with Gasteiger partial charge in [-0.05, 0) is 44.0 Å². The fourth-order valence-electron chi connectivity index (χ4n) is 2.20. The summed E-state index contributed by atoms with van der Waals surface area (Å²) < 4.78 is 12.7. The van der Waals surface area contributed by atoms with E-state index in [0.717, 1.165) is 51.8 Å². The zero-order valence-electron chi connectivity index (χ0n) is 12.6. The lowest BCUT2D eigenvalue weighted by Gasteiger charge is -2.26. The molecule has 1 N–H and O–H groups in total. The van der Waals surface area contributed by atoms with E-state index < -0.39 is 0 Å². The van der Waals surface area contributed by atoms with Crippen LogP contribution in [-0.4, -0.2) is 43.3 Å². The summed E-state index contributed by atoms with van der Waals surface area (Å²) in [5.41, 5.74) is 0. The lowest BCUT2D eigenvalue weighted by atomic mass is 10.3. The van der Waals surface area contributed by atoms with Gasteiger partial charge < -0.3 is 19.7 Å². The van der Waals surface area contributed by atoms with Crippen LogP contribution in [0.25, 0.3) is 0 Å².